The maximum Gasteiger partial charge on any atom is 0.124 e. The third-order valence-corrected chi connectivity index (χ3v) is 3.56. The van der Waals surface area contributed by atoms with Crippen LogP contribution in [0.1, 0.15) is 30.3 Å². The molecule has 0 aromatic carbocycles. The minimum Gasteiger partial charge on any atom is -0.265 e. The van der Waals surface area contributed by atoms with Gasteiger partial charge in [0.25, 0.3) is 0 Å². The summed E-state index contributed by atoms with van der Waals surface area (Å²) in [5, 5.41) is 9.80. The van der Waals surface area contributed by atoms with E-state index in [-0.39, 0.29) is 0 Å². The van der Waals surface area contributed by atoms with Crippen LogP contribution in [0.25, 0.3) is 10.6 Å². The van der Waals surface area contributed by atoms with Crippen LogP contribution in [0.5, 0.6) is 0 Å². The molecule has 86 valence electrons. The van der Waals surface area contributed by atoms with Gasteiger partial charge in [0.2, 0.25) is 0 Å². The van der Waals surface area contributed by atoms with Crippen LogP contribution in [0.15, 0.2) is 24.5 Å². The average Bonchev–Trinajstić information content (AvgIpc) is 2.75. The van der Waals surface area contributed by atoms with Crippen molar-refractivity contribution < 1.29 is 0 Å². The van der Waals surface area contributed by atoms with Crippen LogP contribution in [-0.2, 0) is 6.42 Å². The Balaban J connectivity index is 2.44. The molecule has 2 aromatic rings. The van der Waals surface area contributed by atoms with Crippen LogP contribution in [0.4, 0.5) is 0 Å². The molecule has 0 aliphatic heterocycles. The predicted molar refractivity (Wildman–Crippen MR) is 68.8 cm³/mol. The molecule has 2 rings (SSSR count). The second kappa shape index (κ2) is 5.07. The van der Waals surface area contributed by atoms with E-state index in [1.54, 1.807) is 23.7 Å². The highest BCUT2D eigenvalue weighted by Crippen LogP contribution is 2.31. The molecular formula is C13H13N3S. The Kier molecular flexibility index (Phi) is 3.50. The van der Waals surface area contributed by atoms with E-state index in [0.717, 1.165) is 21.1 Å². The van der Waals surface area contributed by atoms with Crippen molar-refractivity contribution in [1.82, 2.24) is 9.97 Å². The molecule has 0 fully saturated rings. The highest BCUT2D eigenvalue weighted by atomic mass is 32.1. The summed E-state index contributed by atoms with van der Waals surface area (Å²) in [7, 11) is 0. The van der Waals surface area contributed by atoms with Crippen molar-refractivity contribution in [3.63, 3.8) is 0 Å². The van der Waals surface area contributed by atoms with Gasteiger partial charge in [-0.25, -0.2) is 4.98 Å². The van der Waals surface area contributed by atoms with Crippen LogP contribution in [-0.4, -0.2) is 9.97 Å². The lowest BCUT2D eigenvalue weighted by Crippen LogP contribution is -1.92. The van der Waals surface area contributed by atoms with E-state index in [1.807, 2.05) is 12.1 Å². The molecule has 0 aliphatic rings. The van der Waals surface area contributed by atoms with Crippen molar-refractivity contribution in [1.29, 1.82) is 5.26 Å². The first-order chi connectivity index (χ1) is 8.22. The number of hydrogen-bond acceptors (Lipinski definition) is 4. The highest BCUT2D eigenvalue weighted by Gasteiger charge is 2.14. The Bertz CT molecular complexity index is 538. The van der Waals surface area contributed by atoms with Crippen molar-refractivity contribution in [2.75, 3.05) is 0 Å². The highest BCUT2D eigenvalue weighted by molar-refractivity contribution is 7.15. The molecule has 0 bridgehead atoms. The SMILES string of the molecule is CC(C)c1nc(-c2ccncc2)sc1CC#N. The van der Waals surface area contributed by atoms with Gasteiger partial charge in [0.15, 0.2) is 0 Å². The number of nitrogens with zero attached hydrogens (tertiary/aromatic N) is 3. The maximum absolute atomic E-state index is 8.82. The topological polar surface area (TPSA) is 49.6 Å². The lowest BCUT2D eigenvalue weighted by Gasteiger charge is -2.00. The van der Waals surface area contributed by atoms with E-state index in [4.69, 9.17) is 5.26 Å². The molecule has 2 aromatic heterocycles. The second-order valence-electron chi connectivity index (χ2n) is 4.05. The van der Waals surface area contributed by atoms with Crippen molar-refractivity contribution in [3.05, 3.63) is 35.1 Å². The Morgan fingerprint density at radius 3 is 2.65 bits per heavy atom. The second-order valence-corrected chi connectivity index (χ2v) is 5.14. The molecule has 0 saturated carbocycles. The number of thiazole rings is 1. The molecule has 4 heteroatoms. The minimum atomic E-state index is 0.352. The quantitative estimate of drug-likeness (QED) is 0.830. The molecule has 0 aliphatic carbocycles. The van der Waals surface area contributed by atoms with Crippen LogP contribution < -0.4 is 0 Å². The Labute approximate surface area is 105 Å². The number of rotatable bonds is 3. The first kappa shape index (κ1) is 11.7. The van der Waals surface area contributed by atoms with Crippen LogP contribution in [0.2, 0.25) is 0 Å². The summed E-state index contributed by atoms with van der Waals surface area (Å²) in [6, 6.07) is 6.09. The summed E-state index contributed by atoms with van der Waals surface area (Å²) in [5.74, 6) is 0.352. The first-order valence-electron chi connectivity index (χ1n) is 5.49. The fourth-order valence-corrected chi connectivity index (χ4v) is 2.78. The molecular weight excluding hydrogens is 230 g/mol. The van der Waals surface area contributed by atoms with E-state index >= 15 is 0 Å². The normalized spacial score (nSPS) is 10.5. The summed E-state index contributed by atoms with van der Waals surface area (Å²) in [4.78, 5) is 9.71. The van der Waals surface area contributed by atoms with E-state index in [0.29, 0.717) is 12.3 Å². The van der Waals surface area contributed by atoms with Gasteiger partial charge in [-0.15, -0.1) is 11.3 Å². The molecule has 0 amide bonds. The molecule has 0 saturated heterocycles. The average molecular weight is 243 g/mol. The fourth-order valence-electron chi connectivity index (χ4n) is 1.63. The maximum atomic E-state index is 8.82. The third-order valence-electron chi connectivity index (χ3n) is 2.44. The summed E-state index contributed by atoms with van der Waals surface area (Å²) in [5.41, 5.74) is 2.11. The van der Waals surface area contributed by atoms with Crippen LogP contribution in [0.3, 0.4) is 0 Å². The van der Waals surface area contributed by atoms with Gasteiger partial charge in [-0.3, -0.25) is 4.98 Å². The Hall–Kier alpha value is -1.73. The van der Waals surface area contributed by atoms with Gasteiger partial charge in [0.05, 0.1) is 18.2 Å². The third kappa shape index (κ3) is 2.51. The fraction of sp³-hybridized carbons (Fsp3) is 0.308. The molecule has 0 N–H and O–H groups in total. The van der Waals surface area contributed by atoms with Gasteiger partial charge in [-0.1, -0.05) is 13.8 Å². The van der Waals surface area contributed by atoms with Crippen molar-refractivity contribution >= 4 is 11.3 Å². The van der Waals surface area contributed by atoms with Crippen molar-refractivity contribution in [3.8, 4) is 16.6 Å². The van der Waals surface area contributed by atoms with Gasteiger partial charge in [0, 0.05) is 22.8 Å². The molecule has 3 nitrogen and oxygen atoms in total. The Morgan fingerprint density at radius 1 is 1.35 bits per heavy atom. The zero-order chi connectivity index (χ0) is 12.3. The molecule has 0 radical (unpaired) electrons. The van der Waals surface area contributed by atoms with Crippen LogP contribution in [0, 0.1) is 11.3 Å². The van der Waals surface area contributed by atoms with Gasteiger partial charge in [-0.05, 0) is 18.1 Å². The van der Waals surface area contributed by atoms with Crippen LogP contribution >= 0.6 is 11.3 Å². The monoisotopic (exact) mass is 243 g/mol. The van der Waals surface area contributed by atoms with Gasteiger partial charge >= 0.3 is 0 Å². The van der Waals surface area contributed by atoms with Gasteiger partial charge in [-0.2, -0.15) is 5.26 Å². The summed E-state index contributed by atoms with van der Waals surface area (Å²) < 4.78 is 0. The molecule has 0 unspecified atom stereocenters. The number of nitriles is 1. The van der Waals surface area contributed by atoms with Gasteiger partial charge in [0.1, 0.15) is 5.01 Å². The van der Waals surface area contributed by atoms with E-state index in [9.17, 15) is 0 Å². The summed E-state index contributed by atoms with van der Waals surface area (Å²) in [6.45, 7) is 4.21. The molecule has 0 atom stereocenters. The number of hydrogen-bond donors (Lipinski definition) is 0. The zero-order valence-electron chi connectivity index (χ0n) is 9.84. The van der Waals surface area contributed by atoms with E-state index < -0.39 is 0 Å². The predicted octanol–water partition coefficient (Wildman–Crippen LogP) is 3.39. The smallest absolute Gasteiger partial charge is 0.124 e. The standard InChI is InChI=1S/C13H13N3S/c1-9(2)12-11(3-6-14)17-13(16-12)10-4-7-15-8-5-10/h4-5,7-9H,3H2,1-2H3. The first-order valence-corrected chi connectivity index (χ1v) is 6.31. The zero-order valence-corrected chi connectivity index (χ0v) is 10.7. The van der Waals surface area contributed by atoms with Crippen molar-refractivity contribution in [2.45, 2.75) is 26.2 Å². The molecule has 2 heterocycles. The number of aromatic nitrogens is 2. The number of pyridine rings is 1. The molecule has 17 heavy (non-hydrogen) atoms. The Morgan fingerprint density at radius 2 is 2.06 bits per heavy atom. The molecule has 0 spiro atoms. The lowest BCUT2D eigenvalue weighted by atomic mass is 10.1. The van der Waals surface area contributed by atoms with E-state index in [1.165, 1.54) is 0 Å². The van der Waals surface area contributed by atoms with Gasteiger partial charge < -0.3 is 0 Å². The summed E-state index contributed by atoms with van der Waals surface area (Å²) >= 11 is 1.60. The minimum absolute atomic E-state index is 0.352. The lowest BCUT2D eigenvalue weighted by molar-refractivity contribution is 0.822. The van der Waals surface area contributed by atoms with E-state index in [2.05, 4.69) is 29.9 Å². The summed E-state index contributed by atoms with van der Waals surface area (Å²) in [6.07, 6.45) is 3.96. The largest absolute Gasteiger partial charge is 0.265 e. The van der Waals surface area contributed by atoms with Crippen molar-refractivity contribution in [2.24, 2.45) is 0 Å².